The van der Waals surface area contributed by atoms with Gasteiger partial charge in [0.15, 0.2) is 0 Å². The fourth-order valence-corrected chi connectivity index (χ4v) is 5.72. The van der Waals surface area contributed by atoms with Crippen molar-refractivity contribution in [1.29, 1.82) is 0 Å². The minimum Gasteiger partial charge on any atom is -0.328 e. The van der Waals surface area contributed by atoms with Crippen LogP contribution in [-0.4, -0.2) is 11.7 Å². The van der Waals surface area contributed by atoms with Crippen molar-refractivity contribution in [3.05, 3.63) is 158 Å². The Balaban J connectivity index is 1.45. The average Bonchev–Trinajstić information content (AvgIpc) is 3.36. The van der Waals surface area contributed by atoms with E-state index in [4.69, 9.17) is 0 Å². The van der Waals surface area contributed by atoms with Crippen LogP contribution in [0.5, 0.6) is 0 Å². The standard InChI is InChI=1S/C37H30N4/c1-38-41-36-24-22-32(39(28-14-6-2-7-15-28)29-16-8-3-9-17-29)26-34(36)35-27-33(23-25-37(35)41)40(30-18-10-4-11-19-30)31-20-12-5-13-21-31/h2-27,38H,1H3. The summed E-state index contributed by atoms with van der Waals surface area (Å²) in [5.74, 6) is 0. The topological polar surface area (TPSA) is 23.4 Å². The van der Waals surface area contributed by atoms with Gasteiger partial charge in [-0.3, -0.25) is 4.68 Å². The molecule has 7 rings (SSSR count). The van der Waals surface area contributed by atoms with E-state index in [1.54, 1.807) is 0 Å². The van der Waals surface area contributed by atoms with Gasteiger partial charge in [-0.2, -0.15) is 0 Å². The summed E-state index contributed by atoms with van der Waals surface area (Å²) >= 11 is 0. The number of hydrogen-bond donors (Lipinski definition) is 1. The predicted octanol–water partition coefficient (Wildman–Crippen LogP) is 9.91. The molecule has 7 aromatic rings. The largest absolute Gasteiger partial charge is 0.328 e. The maximum absolute atomic E-state index is 3.41. The maximum atomic E-state index is 3.41. The van der Waals surface area contributed by atoms with Crippen LogP contribution in [0.3, 0.4) is 0 Å². The molecule has 0 aliphatic heterocycles. The Morgan fingerprint density at radius 2 is 0.707 bits per heavy atom. The molecule has 1 N–H and O–H groups in total. The molecule has 1 aromatic heterocycles. The minimum atomic E-state index is 1.11. The molecule has 41 heavy (non-hydrogen) atoms. The zero-order chi connectivity index (χ0) is 27.6. The predicted molar refractivity (Wildman–Crippen MR) is 174 cm³/mol. The number of fused-ring (bicyclic) bond motifs is 3. The van der Waals surface area contributed by atoms with Crippen LogP contribution in [-0.2, 0) is 0 Å². The van der Waals surface area contributed by atoms with Crippen LogP contribution in [0.2, 0.25) is 0 Å². The molecular formula is C37H30N4. The molecule has 6 aromatic carbocycles. The van der Waals surface area contributed by atoms with Crippen LogP contribution >= 0.6 is 0 Å². The number of anilines is 6. The van der Waals surface area contributed by atoms with Gasteiger partial charge in [0.05, 0.1) is 11.0 Å². The van der Waals surface area contributed by atoms with Crippen molar-refractivity contribution >= 4 is 55.9 Å². The van der Waals surface area contributed by atoms with E-state index in [1.165, 1.54) is 10.8 Å². The van der Waals surface area contributed by atoms with Crippen LogP contribution in [0.25, 0.3) is 21.8 Å². The number of para-hydroxylation sites is 4. The van der Waals surface area contributed by atoms with Crippen LogP contribution in [0.15, 0.2) is 158 Å². The molecule has 0 radical (unpaired) electrons. The molecule has 4 nitrogen and oxygen atoms in total. The number of aromatic nitrogens is 1. The zero-order valence-electron chi connectivity index (χ0n) is 22.9. The first-order valence-corrected chi connectivity index (χ1v) is 13.9. The molecule has 1 heterocycles. The molecule has 0 spiro atoms. The molecule has 4 heteroatoms. The Kier molecular flexibility index (Phi) is 6.34. The summed E-state index contributed by atoms with van der Waals surface area (Å²) in [5.41, 5.74) is 12.4. The quantitative estimate of drug-likeness (QED) is 0.222. The van der Waals surface area contributed by atoms with Gasteiger partial charge in [0.25, 0.3) is 0 Å². The van der Waals surface area contributed by atoms with Gasteiger partial charge in [0.1, 0.15) is 0 Å². The summed E-state index contributed by atoms with van der Waals surface area (Å²) < 4.78 is 2.17. The number of nitrogens with zero attached hydrogens (tertiary/aromatic N) is 3. The van der Waals surface area contributed by atoms with E-state index in [-0.39, 0.29) is 0 Å². The summed E-state index contributed by atoms with van der Waals surface area (Å²) in [6.45, 7) is 0. The van der Waals surface area contributed by atoms with Gasteiger partial charge in [0.2, 0.25) is 0 Å². The van der Waals surface area contributed by atoms with E-state index in [1.807, 2.05) is 7.05 Å². The van der Waals surface area contributed by atoms with Crippen molar-refractivity contribution in [1.82, 2.24) is 4.68 Å². The monoisotopic (exact) mass is 530 g/mol. The highest BCUT2D eigenvalue weighted by atomic mass is 15.4. The SMILES string of the molecule is CNn1c2ccc(N(c3ccccc3)c3ccccc3)cc2c2cc(N(c3ccccc3)c3ccccc3)ccc21. The number of benzene rings is 6. The molecule has 0 unspecified atom stereocenters. The van der Waals surface area contributed by atoms with Gasteiger partial charge >= 0.3 is 0 Å². The van der Waals surface area contributed by atoms with E-state index in [2.05, 4.69) is 178 Å². The first-order chi connectivity index (χ1) is 20.3. The number of rotatable bonds is 7. The molecule has 0 bridgehead atoms. The van der Waals surface area contributed by atoms with Crippen LogP contribution < -0.4 is 15.2 Å². The van der Waals surface area contributed by atoms with Gasteiger partial charge in [-0.1, -0.05) is 72.8 Å². The van der Waals surface area contributed by atoms with Crippen LogP contribution in [0.1, 0.15) is 0 Å². The Bertz CT molecular complexity index is 1700. The van der Waals surface area contributed by atoms with Crippen molar-refractivity contribution < 1.29 is 0 Å². The van der Waals surface area contributed by atoms with Crippen molar-refractivity contribution in [3.8, 4) is 0 Å². The zero-order valence-corrected chi connectivity index (χ0v) is 22.9. The molecule has 0 saturated carbocycles. The summed E-state index contributed by atoms with van der Waals surface area (Å²) in [5, 5.41) is 2.37. The Morgan fingerprint density at radius 3 is 1.00 bits per heavy atom. The maximum Gasteiger partial charge on any atom is 0.0707 e. The van der Waals surface area contributed by atoms with E-state index in [0.717, 1.165) is 45.2 Å². The Morgan fingerprint density at radius 1 is 0.390 bits per heavy atom. The van der Waals surface area contributed by atoms with Crippen molar-refractivity contribution in [2.24, 2.45) is 0 Å². The Hall–Kier alpha value is -5.48. The second kappa shape index (κ2) is 10.6. The number of hydrogen-bond acceptors (Lipinski definition) is 3. The second-order valence-corrected chi connectivity index (χ2v) is 9.97. The summed E-state index contributed by atoms with van der Waals surface area (Å²) in [6, 6.07) is 55.6. The molecular weight excluding hydrogens is 500 g/mol. The molecule has 0 aliphatic carbocycles. The van der Waals surface area contributed by atoms with E-state index < -0.39 is 0 Å². The molecule has 0 atom stereocenters. The van der Waals surface area contributed by atoms with Crippen LogP contribution in [0, 0.1) is 0 Å². The number of nitrogens with one attached hydrogen (secondary N) is 1. The van der Waals surface area contributed by atoms with Gasteiger partial charge in [0, 0.05) is 51.9 Å². The molecule has 0 aliphatic rings. The highest BCUT2D eigenvalue weighted by Gasteiger charge is 2.18. The first kappa shape index (κ1) is 24.6. The normalized spacial score (nSPS) is 11.0. The summed E-state index contributed by atoms with van der Waals surface area (Å²) in [4.78, 5) is 4.62. The lowest BCUT2D eigenvalue weighted by molar-refractivity contribution is 1.02. The summed E-state index contributed by atoms with van der Waals surface area (Å²) in [7, 11) is 1.97. The molecule has 198 valence electrons. The van der Waals surface area contributed by atoms with E-state index in [9.17, 15) is 0 Å². The fourth-order valence-electron chi connectivity index (χ4n) is 5.72. The molecule has 0 saturated heterocycles. The third-order valence-corrected chi connectivity index (χ3v) is 7.53. The molecule has 0 fully saturated rings. The second-order valence-electron chi connectivity index (χ2n) is 9.97. The van der Waals surface area contributed by atoms with Crippen molar-refractivity contribution in [3.63, 3.8) is 0 Å². The van der Waals surface area contributed by atoms with E-state index >= 15 is 0 Å². The lowest BCUT2D eigenvalue weighted by Crippen LogP contribution is -2.10. The lowest BCUT2D eigenvalue weighted by atomic mass is 10.1. The van der Waals surface area contributed by atoms with Gasteiger partial charge in [-0.15, -0.1) is 0 Å². The van der Waals surface area contributed by atoms with E-state index in [0.29, 0.717) is 0 Å². The average molecular weight is 531 g/mol. The minimum absolute atomic E-state index is 1.11. The third kappa shape index (κ3) is 4.46. The van der Waals surface area contributed by atoms with Gasteiger partial charge in [-0.25, -0.2) is 0 Å². The Labute approximate surface area is 240 Å². The smallest absolute Gasteiger partial charge is 0.0707 e. The fraction of sp³-hybridized carbons (Fsp3) is 0.0270. The molecule has 0 amide bonds. The summed E-state index contributed by atoms with van der Waals surface area (Å²) in [6.07, 6.45) is 0. The first-order valence-electron chi connectivity index (χ1n) is 13.9. The highest BCUT2D eigenvalue weighted by Crippen LogP contribution is 2.41. The third-order valence-electron chi connectivity index (χ3n) is 7.53. The van der Waals surface area contributed by atoms with Crippen molar-refractivity contribution in [2.75, 3.05) is 22.3 Å². The van der Waals surface area contributed by atoms with Crippen molar-refractivity contribution in [2.45, 2.75) is 0 Å². The lowest BCUT2D eigenvalue weighted by Gasteiger charge is -2.26. The highest BCUT2D eigenvalue weighted by molar-refractivity contribution is 6.11. The van der Waals surface area contributed by atoms with Crippen LogP contribution in [0.4, 0.5) is 34.1 Å². The van der Waals surface area contributed by atoms with Gasteiger partial charge in [-0.05, 0) is 84.9 Å². The van der Waals surface area contributed by atoms with Gasteiger partial charge < -0.3 is 15.2 Å².